The van der Waals surface area contributed by atoms with E-state index in [4.69, 9.17) is 9.47 Å². The summed E-state index contributed by atoms with van der Waals surface area (Å²) >= 11 is 0. The van der Waals surface area contributed by atoms with Crippen molar-refractivity contribution in [2.45, 2.75) is 33.8 Å². The number of hydrogen-bond acceptors (Lipinski definition) is 5. The van der Waals surface area contributed by atoms with E-state index in [-0.39, 0.29) is 18.3 Å². The van der Waals surface area contributed by atoms with E-state index in [1.807, 2.05) is 32.0 Å². The van der Waals surface area contributed by atoms with Gasteiger partial charge in [0.05, 0.1) is 6.10 Å². The molecule has 0 bridgehead atoms. The molecule has 0 aliphatic carbocycles. The van der Waals surface area contributed by atoms with Crippen molar-refractivity contribution < 1.29 is 19.1 Å². The maximum Gasteiger partial charge on any atom is 0.344 e. The molecule has 150 valence electrons. The third-order valence-corrected chi connectivity index (χ3v) is 4.13. The standard InChI is InChI=1S/C23H24N2O4/c1-15(2)29-22(26)14-28-20-10-8-18(9-11-20)12-19(13-24)23(27)25-21-7-5-6-16(3)17(21)4/h5-12,15H,14H2,1-4H3,(H,25,27)/b19-12-. The Bertz CT molecular complexity index is 954. The predicted octanol–water partition coefficient (Wildman–Crippen LogP) is 4.18. The number of benzene rings is 2. The molecule has 1 amide bonds. The van der Waals surface area contributed by atoms with E-state index < -0.39 is 11.9 Å². The van der Waals surface area contributed by atoms with Crippen LogP contribution in [0.15, 0.2) is 48.0 Å². The molecule has 0 spiro atoms. The highest BCUT2D eigenvalue weighted by atomic mass is 16.6. The molecule has 0 aromatic heterocycles. The van der Waals surface area contributed by atoms with Crippen molar-refractivity contribution in [2.24, 2.45) is 0 Å². The number of nitriles is 1. The van der Waals surface area contributed by atoms with Crippen LogP contribution in [-0.2, 0) is 14.3 Å². The predicted molar refractivity (Wildman–Crippen MR) is 111 cm³/mol. The Balaban J connectivity index is 2.05. The van der Waals surface area contributed by atoms with Crippen LogP contribution in [0.25, 0.3) is 6.08 Å². The SMILES string of the molecule is Cc1cccc(NC(=O)/C(C#N)=C\c2ccc(OCC(=O)OC(C)C)cc2)c1C. The molecule has 2 rings (SSSR count). The summed E-state index contributed by atoms with van der Waals surface area (Å²) in [5.41, 5.74) is 3.33. The summed E-state index contributed by atoms with van der Waals surface area (Å²) in [6, 6.07) is 14.3. The Morgan fingerprint density at radius 1 is 1.14 bits per heavy atom. The summed E-state index contributed by atoms with van der Waals surface area (Å²) in [6.07, 6.45) is 1.30. The molecule has 2 aromatic carbocycles. The number of amides is 1. The quantitative estimate of drug-likeness (QED) is 0.434. The third-order valence-electron chi connectivity index (χ3n) is 4.13. The molecule has 0 saturated heterocycles. The van der Waals surface area contributed by atoms with Gasteiger partial charge in [-0.1, -0.05) is 24.3 Å². The van der Waals surface area contributed by atoms with Crippen molar-refractivity contribution in [2.75, 3.05) is 11.9 Å². The monoisotopic (exact) mass is 392 g/mol. The lowest BCUT2D eigenvalue weighted by Crippen LogP contribution is -2.18. The Labute approximate surface area is 170 Å². The third kappa shape index (κ3) is 6.51. The van der Waals surface area contributed by atoms with Crippen molar-refractivity contribution >= 4 is 23.6 Å². The highest BCUT2D eigenvalue weighted by Gasteiger charge is 2.12. The fourth-order valence-corrected chi connectivity index (χ4v) is 2.49. The number of carbonyl (C=O) groups is 2. The molecule has 0 fully saturated rings. The number of hydrogen-bond donors (Lipinski definition) is 1. The lowest BCUT2D eigenvalue weighted by Gasteiger charge is -2.10. The van der Waals surface area contributed by atoms with E-state index in [2.05, 4.69) is 5.32 Å². The second-order valence-electron chi connectivity index (χ2n) is 6.77. The molecule has 6 heteroatoms. The first-order valence-corrected chi connectivity index (χ1v) is 9.22. The van der Waals surface area contributed by atoms with Gasteiger partial charge in [-0.2, -0.15) is 5.26 Å². The lowest BCUT2D eigenvalue weighted by molar-refractivity contribution is -0.149. The topological polar surface area (TPSA) is 88.4 Å². The second kappa shape index (κ2) is 10.1. The molecule has 0 radical (unpaired) electrons. The first-order chi connectivity index (χ1) is 13.8. The number of esters is 1. The number of rotatable bonds is 7. The summed E-state index contributed by atoms with van der Waals surface area (Å²) in [5.74, 6) is -0.432. The van der Waals surface area contributed by atoms with E-state index in [0.717, 1.165) is 11.1 Å². The van der Waals surface area contributed by atoms with Gasteiger partial charge in [-0.3, -0.25) is 4.79 Å². The number of aryl methyl sites for hydroxylation is 1. The molecular weight excluding hydrogens is 368 g/mol. The van der Waals surface area contributed by atoms with Crippen LogP contribution in [0.5, 0.6) is 5.75 Å². The van der Waals surface area contributed by atoms with Crippen molar-refractivity contribution in [1.29, 1.82) is 5.26 Å². The summed E-state index contributed by atoms with van der Waals surface area (Å²) in [4.78, 5) is 24.0. The first-order valence-electron chi connectivity index (χ1n) is 9.22. The van der Waals surface area contributed by atoms with Gasteiger partial charge in [0.15, 0.2) is 6.61 Å². The second-order valence-corrected chi connectivity index (χ2v) is 6.77. The summed E-state index contributed by atoms with van der Waals surface area (Å²) in [6.45, 7) is 7.22. The average molecular weight is 392 g/mol. The minimum absolute atomic E-state index is 0.0138. The molecule has 0 aliphatic heterocycles. The molecule has 0 unspecified atom stereocenters. The van der Waals surface area contributed by atoms with Gasteiger partial charge in [-0.05, 0) is 68.7 Å². The summed E-state index contributed by atoms with van der Waals surface area (Å²) in [7, 11) is 0. The number of nitrogens with zero attached hydrogens (tertiary/aromatic N) is 1. The number of anilines is 1. The number of ether oxygens (including phenoxy) is 2. The first kappa shape index (κ1) is 21.7. The van der Waals surface area contributed by atoms with E-state index in [1.54, 1.807) is 44.2 Å². The molecule has 0 heterocycles. The zero-order valence-electron chi connectivity index (χ0n) is 17.0. The Hall–Kier alpha value is -3.59. The van der Waals surface area contributed by atoms with Crippen LogP contribution in [0.2, 0.25) is 0 Å². The molecule has 29 heavy (non-hydrogen) atoms. The van der Waals surface area contributed by atoms with E-state index in [1.165, 1.54) is 6.08 Å². The average Bonchev–Trinajstić information content (AvgIpc) is 2.68. The van der Waals surface area contributed by atoms with Crippen molar-refractivity contribution in [3.8, 4) is 11.8 Å². The van der Waals surface area contributed by atoms with Gasteiger partial charge in [0.1, 0.15) is 17.4 Å². The highest BCUT2D eigenvalue weighted by Crippen LogP contribution is 2.20. The molecule has 1 N–H and O–H groups in total. The van der Waals surface area contributed by atoms with E-state index >= 15 is 0 Å². The Morgan fingerprint density at radius 2 is 1.83 bits per heavy atom. The minimum Gasteiger partial charge on any atom is -0.482 e. The van der Waals surface area contributed by atoms with Crippen molar-refractivity contribution in [1.82, 2.24) is 0 Å². The molecule has 2 aromatic rings. The van der Waals surface area contributed by atoms with Crippen LogP contribution < -0.4 is 10.1 Å². The van der Waals surface area contributed by atoms with Gasteiger partial charge < -0.3 is 14.8 Å². The lowest BCUT2D eigenvalue weighted by atomic mass is 10.1. The normalized spacial score (nSPS) is 11.0. The van der Waals surface area contributed by atoms with Gasteiger partial charge >= 0.3 is 5.97 Å². The largest absolute Gasteiger partial charge is 0.482 e. The summed E-state index contributed by atoms with van der Waals surface area (Å²) < 4.78 is 10.4. The fraction of sp³-hybridized carbons (Fsp3) is 0.261. The Kier molecular flexibility index (Phi) is 7.55. The van der Waals surface area contributed by atoms with Crippen LogP contribution in [0.1, 0.15) is 30.5 Å². The van der Waals surface area contributed by atoms with Crippen LogP contribution in [0, 0.1) is 25.2 Å². The van der Waals surface area contributed by atoms with Crippen LogP contribution >= 0.6 is 0 Å². The highest BCUT2D eigenvalue weighted by molar-refractivity contribution is 6.10. The maximum atomic E-state index is 12.5. The molecular formula is C23H24N2O4. The minimum atomic E-state index is -0.474. The molecule has 0 saturated carbocycles. The fourth-order valence-electron chi connectivity index (χ4n) is 2.49. The zero-order valence-corrected chi connectivity index (χ0v) is 17.0. The van der Waals surface area contributed by atoms with Crippen molar-refractivity contribution in [3.05, 3.63) is 64.7 Å². The number of carbonyl (C=O) groups excluding carboxylic acids is 2. The maximum absolute atomic E-state index is 12.5. The molecule has 6 nitrogen and oxygen atoms in total. The Morgan fingerprint density at radius 3 is 2.45 bits per heavy atom. The van der Waals surface area contributed by atoms with Gasteiger partial charge in [0.25, 0.3) is 5.91 Å². The van der Waals surface area contributed by atoms with Gasteiger partial charge in [0, 0.05) is 5.69 Å². The zero-order chi connectivity index (χ0) is 21.4. The van der Waals surface area contributed by atoms with Gasteiger partial charge in [-0.15, -0.1) is 0 Å². The van der Waals surface area contributed by atoms with Crippen LogP contribution in [-0.4, -0.2) is 24.6 Å². The van der Waals surface area contributed by atoms with E-state index in [0.29, 0.717) is 17.0 Å². The molecule has 0 aliphatic rings. The smallest absolute Gasteiger partial charge is 0.344 e. The van der Waals surface area contributed by atoms with E-state index in [9.17, 15) is 14.9 Å². The van der Waals surface area contributed by atoms with Gasteiger partial charge in [0.2, 0.25) is 0 Å². The van der Waals surface area contributed by atoms with Gasteiger partial charge in [-0.25, -0.2) is 4.79 Å². The number of nitrogens with one attached hydrogen (secondary N) is 1. The van der Waals surface area contributed by atoms with Crippen LogP contribution in [0.4, 0.5) is 5.69 Å². The summed E-state index contributed by atoms with van der Waals surface area (Å²) in [5, 5.41) is 12.2. The van der Waals surface area contributed by atoms with Crippen molar-refractivity contribution in [3.63, 3.8) is 0 Å². The molecule has 0 atom stereocenters. The van der Waals surface area contributed by atoms with Crippen LogP contribution in [0.3, 0.4) is 0 Å².